The van der Waals surface area contributed by atoms with Gasteiger partial charge in [-0.05, 0) is 73.1 Å². The summed E-state index contributed by atoms with van der Waals surface area (Å²) >= 11 is 0. The Bertz CT molecular complexity index is 3490. The topological polar surface area (TPSA) is 217 Å². The predicted octanol–water partition coefficient (Wildman–Crippen LogP) is 24.7. The first-order valence-electron chi connectivity index (χ1n) is 48.0. The van der Waals surface area contributed by atoms with Gasteiger partial charge in [0.25, 0.3) is 0 Å². The summed E-state index contributed by atoms with van der Waals surface area (Å²) in [5, 5.41) is 3.13. The van der Waals surface area contributed by atoms with Gasteiger partial charge in [0.2, 0.25) is 5.91 Å². The van der Waals surface area contributed by atoms with Gasteiger partial charge in [0, 0.05) is 12.0 Å². The van der Waals surface area contributed by atoms with E-state index in [0.717, 1.165) is 153 Å². The van der Waals surface area contributed by atoms with Crippen molar-refractivity contribution in [3.8, 4) is 0 Å². The molecule has 18 nitrogen and oxygen atoms in total. The molecule has 24 heteroatoms. The van der Waals surface area contributed by atoms with Crippen LogP contribution in [0.4, 0.5) is 26.3 Å². The number of alkyl halides is 6. The van der Waals surface area contributed by atoms with Gasteiger partial charge < -0.3 is 67.9 Å². The molecule has 3 heterocycles. The van der Waals surface area contributed by atoms with Gasteiger partial charge in [0.05, 0.1) is 88.3 Å². The van der Waals surface area contributed by atoms with Crippen LogP contribution in [0.5, 0.6) is 0 Å². The third kappa shape index (κ3) is 42.4. The molecule has 4 aromatic rings. The molecular weight excluding hydrogens is 1610 g/mol. The van der Waals surface area contributed by atoms with Gasteiger partial charge in [0.1, 0.15) is 36.6 Å². The van der Waals surface area contributed by atoms with Gasteiger partial charge in [-0.1, -0.05) is 350 Å². The van der Waals surface area contributed by atoms with Crippen molar-refractivity contribution in [3.05, 3.63) is 155 Å². The van der Waals surface area contributed by atoms with E-state index in [4.69, 9.17) is 62.6 Å². The zero-order chi connectivity index (χ0) is 89.5. The molecule has 0 saturated carbocycles. The third-order valence-corrected chi connectivity index (χ3v) is 24.0. The van der Waals surface area contributed by atoms with Crippen LogP contribution in [0.2, 0.25) is 0 Å². The first-order chi connectivity index (χ1) is 60.7. The molecular formula is C101H152F6N2O16. The first-order valence-corrected chi connectivity index (χ1v) is 48.0. The molecule has 125 heavy (non-hydrogen) atoms. The van der Waals surface area contributed by atoms with Crippen LogP contribution >= 0.6 is 0 Å². The Morgan fingerprint density at radius 2 is 0.864 bits per heavy atom. The number of hydrogen-bond donors (Lipinski definition) is 2. The van der Waals surface area contributed by atoms with E-state index in [1.165, 1.54) is 127 Å². The molecule has 0 aromatic heterocycles. The average molecular weight is 1760 g/mol. The Morgan fingerprint density at radius 3 is 1.33 bits per heavy atom. The molecule has 704 valence electrons. The lowest BCUT2D eigenvalue weighted by Gasteiger charge is -2.49. The van der Waals surface area contributed by atoms with Gasteiger partial charge in [-0.3, -0.25) is 19.2 Å². The van der Waals surface area contributed by atoms with E-state index in [2.05, 4.69) is 39.6 Å². The van der Waals surface area contributed by atoms with Crippen LogP contribution in [-0.4, -0.2) is 123 Å². The molecule has 3 saturated heterocycles. The monoisotopic (exact) mass is 1760 g/mol. The number of nitrogens with two attached hydrogens (primary N) is 1. The maximum Gasteiger partial charge on any atom is 0.416 e. The molecule has 1 amide bonds. The highest BCUT2D eigenvalue weighted by atomic mass is 19.4. The lowest BCUT2D eigenvalue weighted by atomic mass is 9.94. The van der Waals surface area contributed by atoms with E-state index in [-0.39, 0.29) is 64.7 Å². The summed E-state index contributed by atoms with van der Waals surface area (Å²) in [5.41, 5.74) is 8.04. The van der Waals surface area contributed by atoms with Crippen LogP contribution in [-0.2, 0) is 108 Å². The number of benzene rings is 4. The highest BCUT2D eigenvalue weighted by molar-refractivity contribution is 5.77. The van der Waals surface area contributed by atoms with E-state index in [9.17, 15) is 35.9 Å². The number of halogens is 6. The van der Waals surface area contributed by atoms with Crippen LogP contribution in [0.1, 0.15) is 356 Å². The summed E-state index contributed by atoms with van der Waals surface area (Å²) in [5.74, 6) is -2.39. The van der Waals surface area contributed by atoms with Crippen molar-refractivity contribution < 1.29 is 102 Å². The summed E-state index contributed by atoms with van der Waals surface area (Å²) in [6.45, 7) is 11.8. The number of rotatable bonds is 68. The lowest BCUT2D eigenvalue weighted by Crippen LogP contribution is -2.68. The molecule has 0 radical (unpaired) electrons. The summed E-state index contributed by atoms with van der Waals surface area (Å²) in [4.78, 5) is 59.4. The molecule has 7 rings (SSSR count). The number of fused-ring (bicyclic) bond motifs is 1. The summed E-state index contributed by atoms with van der Waals surface area (Å²) < 4.78 is 163. The minimum absolute atomic E-state index is 0.0589. The van der Waals surface area contributed by atoms with Gasteiger partial charge in [-0.25, -0.2) is 0 Å². The molecule has 3 aliphatic heterocycles. The second kappa shape index (κ2) is 62.1. The molecule has 3 N–H and O–H groups in total. The van der Waals surface area contributed by atoms with Crippen LogP contribution in [0.25, 0.3) is 0 Å². The van der Waals surface area contributed by atoms with Crippen molar-refractivity contribution >= 4 is 23.8 Å². The van der Waals surface area contributed by atoms with Crippen LogP contribution in [0.3, 0.4) is 0 Å². The van der Waals surface area contributed by atoms with Crippen molar-refractivity contribution in [3.63, 3.8) is 0 Å². The number of nitrogens with one attached hydrogen (secondary N) is 1. The summed E-state index contributed by atoms with van der Waals surface area (Å²) in [7, 11) is 0. The Hall–Kier alpha value is -6.32. The number of carbonyl (C=O) groups is 4. The molecule has 3 aliphatic rings. The summed E-state index contributed by atoms with van der Waals surface area (Å²) in [6.07, 6.45) is 20.2. The number of amides is 1. The maximum absolute atomic E-state index is 15.4. The van der Waals surface area contributed by atoms with E-state index in [1.54, 1.807) is 0 Å². The number of carbonyl (C=O) groups excluding carboxylic acids is 4. The normalized spacial score (nSPS) is 21.1. The van der Waals surface area contributed by atoms with Crippen LogP contribution < -0.4 is 11.1 Å². The number of unbranched alkanes of at least 4 members (excludes halogenated alkanes) is 34. The first kappa shape index (κ1) is 106. The van der Waals surface area contributed by atoms with Crippen LogP contribution in [0, 0.1) is 0 Å². The van der Waals surface area contributed by atoms with Crippen molar-refractivity contribution in [1.29, 1.82) is 0 Å². The standard InChI is InChI=1S/C101H152F6N2O16/c1-6-11-15-19-23-27-28-32-36-40-50-58-88(111)120-84(57-49-39-35-31-26-22-18-14-9-4)70-90(113)123-95-91(108)98(121-86-75-118-97(125-94(86)95)79-53-45-42-46-54-79)119-74-85-93(117-73-76-51-43-41-44-52-76)96(124-89(112)69-83(56-48-38-34-30-25-21-17-13-8-3)116-72-78-61-65-81(66-62-78)101(105,106)107)92(99(122-85)114-67-10-5)109-87(110)68-82(55-47-37-33-29-24-20-16-12-7-2)115-71-77-59-63-80(64-60-77)100(102,103)104/h10,41-46,51-54,59-66,82-86,91-99H,5-9,11-40,47-50,55-58,67-75,108H2,1-4H3,(H,109,110)/t82-,83-,84-,85-,86-,91-,92-,93-,94-,95-,96-,97-,98-,99+/m1/s1. The van der Waals surface area contributed by atoms with Gasteiger partial charge in [-0.15, -0.1) is 6.58 Å². The minimum atomic E-state index is -4.57. The Balaban J connectivity index is 1.20. The average Bonchev–Trinajstić information content (AvgIpc) is 0.771. The fraction of sp³-hybridized carbons (Fsp3) is 0.703. The summed E-state index contributed by atoms with van der Waals surface area (Å²) in [6, 6.07) is 25.2. The Morgan fingerprint density at radius 1 is 0.448 bits per heavy atom. The molecule has 0 bridgehead atoms. The van der Waals surface area contributed by atoms with Gasteiger partial charge in [0.15, 0.2) is 31.1 Å². The molecule has 0 spiro atoms. The molecule has 0 aliphatic carbocycles. The molecule has 3 fully saturated rings. The SMILES string of the molecule is C=CCO[C@H]1O[C@H](CO[C@@H]2O[C@@H]3CO[C@@H](c4ccccc4)O[C@H]3[C@H](OC(=O)C[C@@H](CCCCCCCCCCC)OC(=O)CCCCCCCCCCCCC)[C@H]2N)[C@@H](OCc2ccccc2)[C@H](OC(=O)C[C@@H](CCCCCCCCCCC)OCc2ccc(C(F)(F)F)cc2)[C@H]1NC(=O)C[C@@H](CCCCCCCCCCC)OCc1ccc(C(F)(F)F)cc1. The fourth-order valence-electron chi connectivity index (χ4n) is 16.6. The molecule has 4 aromatic carbocycles. The maximum atomic E-state index is 15.4. The minimum Gasteiger partial charge on any atom is -0.462 e. The van der Waals surface area contributed by atoms with Crippen molar-refractivity contribution in [2.75, 3.05) is 19.8 Å². The zero-order valence-corrected chi connectivity index (χ0v) is 75.7. The van der Waals surface area contributed by atoms with E-state index in [0.29, 0.717) is 60.8 Å². The van der Waals surface area contributed by atoms with E-state index < -0.39 is 134 Å². The second-order valence-electron chi connectivity index (χ2n) is 34.7. The van der Waals surface area contributed by atoms with E-state index >= 15 is 9.59 Å². The van der Waals surface area contributed by atoms with Crippen molar-refractivity contribution in [2.24, 2.45) is 5.73 Å². The second-order valence-corrected chi connectivity index (χ2v) is 34.7. The number of esters is 3. The van der Waals surface area contributed by atoms with Gasteiger partial charge in [-0.2, -0.15) is 26.3 Å². The highest BCUT2D eigenvalue weighted by Gasteiger charge is 2.54. The molecule has 14 atom stereocenters. The lowest BCUT2D eigenvalue weighted by molar-refractivity contribution is -0.349. The number of hydrogen-bond acceptors (Lipinski definition) is 17. The quantitative estimate of drug-likeness (QED) is 0.0138. The zero-order valence-electron chi connectivity index (χ0n) is 75.7. The van der Waals surface area contributed by atoms with E-state index in [1.807, 2.05) is 60.7 Å². The number of ether oxygens (including phenoxy) is 12. The van der Waals surface area contributed by atoms with Crippen LogP contribution in [0.15, 0.2) is 122 Å². The highest BCUT2D eigenvalue weighted by Crippen LogP contribution is 2.39. The smallest absolute Gasteiger partial charge is 0.416 e. The molecule has 0 unspecified atom stereocenters. The van der Waals surface area contributed by atoms with Crippen molar-refractivity contribution in [2.45, 2.75) is 435 Å². The van der Waals surface area contributed by atoms with Crippen molar-refractivity contribution in [1.82, 2.24) is 5.32 Å². The predicted molar refractivity (Wildman–Crippen MR) is 474 cm³/mol. The Kier molecular flexibility index (Phi) is 52.5. The Labute approximate surface area is 743 Å². The van der Waals surface area contributed by atoms with Gasteiger partial charge >= 0.3 is 30.3 Å². The fourth-order valence-corrected chi connectivity index (χ4v) is 16.6. The third-order valence-electron chi connectivity index (χ3n) is 24.0. The largest absolute Gasteiger partial charge is 0.462 e.